The van der Waals surface area contributed by atoms with Crippen molar-refractivity contribution in [2.24, 2.45) is 4.99 Å². The lowest BCUT2D eigenvalue weighted by Gasteiger charge is -2.23. The highest BCUT2D eigenvalue weighted by molar-refractivity contribution is 9.10. The predicted octanol–water partition coefficient (Wildman–Crippen LogP) is 3.26. The normalized spacial score (nSPS) is 18.4. The second kappa shape index (κ2) is 9.70. The number of rotatable bonds is 6. The van der Waals surface area contributed by atoms with Crippen LogP contribution >= 0.6 is 15.9 Å². The number of pyridine rings is 1. The van der Waals surface area contributed by atoms with E-state index in [2.05, 4.69) is 25.9 Å². The molecule has 8 nitrogen and oxygen atoms in total. The number of aromatic nitrogens is 3. The van der Waals surface area contributed by atoms with Gasteiger partial charge >= 0.3 is 0 Å². The lowest BCUT2D eigenvalue weighted by atomic mass is 10.1. The van der Waals surface area contributed by atoms with Crippen LogP contribution in [0.1, 0.15) is 24.3 Å². The van der Waals surface area contributed by atoms with E-state index in [0.29, 0.717) is 35.1 Å². The maximum atomic E-state index is 13.6. The average molecular weight is 574 g/mol. The van der Waals surface area contributed by atoms with E-state index in [4.69, 9.17) is 9.84 Å². The quantitative estimate of drug-likeness (QED) is 0.330. The van der Waals surface area contributed by atoms with Crippen LogP contribution in [0.4, 0.5) is 4.39 Å². The highest BCUT2D eigenvalue weighted by atomic mass is 79.9. The fraction of sp³-hybridized carbons (Fsp3) is 0.179. The smallest absolute Gasteiger partial charge is 0.270 e. The molecule has 0 N–H and O–H groups in total. The Morgan fingerprint density at radius 3 is 2.66 bits per heavy atom. The summed E-state index contributed by atoms with van der Waals surface area (Å²) in [6, 6.07) is 16.2. The van der Waals surface area contributed by atoms with Crippen molar-refractivity contribution >= 4 is 33.8 Å². The topological polar surface area (TPSA) is 89.7 Å². The van der Waals surface area contributed by atoms with E-state index in [1.165, 1.54) is 18.3 Å². The highest BCUT2D eigenvalue weighted by Crippen LogP contribution is 2.37. The van der Waals surface area contributed by atoms with Gasteiger partial charge in [-0.1, -0.05) is 22.0 Å². The van der Waals surface area contributed by atoms with Crippen LogP contribution in [0, 0.1) is 5.95 Å². The lowest BCUT2D eigenvalue weighted by Crippen LogP contribution is -2.32. The van der Waals surface area contributed by atoms with Crippen LogP contribution in [0.2, 0.25) is 0 Å². The Morgan fingerprint density at radius 1 is 1.08 bits per heavy atom. The largest absolute Gasteiger partial charge is 0.341 e. The van der Waals surface area contributed by atoms with Gasteiger partial charge in [0.15, 0.2) is 6.23 Å². The van der Waals surface area contributed by atoms with Crippen molar-refractivity contribution in [3.8, 4) is 16.9 Å². The van der Waals surface area contributed by atoms with Crippen LogP contribution in [0.3, 0.4) is 0 Å². The van der Waals surface area contributed by atoms with Crippen molar-refractivity contribution in [2.45, 2.75) is 25.7 Å². The number of fused-ring (bicyclic) bond motifs is 1. The molecule has 38 heavy (non-hydrogen) atoms. The van der Waals surface area contributed by atoms with E-state index in [1.807, 2.05) is 48.7 Å². The third-order valence-corrected chi connectivity index (χ3v) is 7.12. The van der Waals surface area contributed by atoms with Crippen molar-refractivity contribution in [3.05, 3.63) is 99.1 Å². The number of benzene rings is 2. The van der Waals surface area contributed by atoms with E-state index in [0.717, 1.165) is 20.9 Å². The van der Waals surface area contributed by atoms with Gasteiger partial charge < -0.3 is 9.64 Å². The number of amides is 2. The summed E-state index contributed by atoms with van der Waals surface area (Å²) in [7, 11) is 0. The second-order valence-electron chi connectivity index (χ2n) is 9.12. The average Bonchev–Trinajstić information content (AvgIpc) is 3.58. The Kier molecular flexibility index (Phi) is 6.21. The molecule has 4 heterocycles. The van der Waals surface area contributed by atoms with Crippen molar-refractivity contribution in [1.82, 2.24) is 19.7 Å². The Hall–Kier alpha value is -4.02. The molecule has 2 aromatic carbocycles. The molecule has 2 aliphatic heterocycles. The predicted molar refractivity (Wildman–Crippen MR) is 140 cm³/mol. The Morgan fingerprint density at radius 2 is 1.89 bits per heavy atom. The van der Waals surface area contributed by atoms with Gasteiger partial charge in [0, 0.05) is 45.8 Å². The van der Waals surface area contributed by atoms with Gasteiger partial charge in [-0.25, -0.2) is 14.7 Å². The van der Waals surface area contributed by atoms with Crippen LogP contribution in [-0.2, 0) is 20.7 Å². The molecule has 4 aromatic rings. The van der Waals surface area contributed by atoms with Crippen molar-refractivity contribution in [1.29, 1.82) is 0 Å². The molecule has 2 atom stereocenters. The number of carbonyl (C=O) groups is 2. The van der Waals surface area contributed by atoms with Crippen LogP contribution in [-0.4, -0.2) is 44.1 Å². The first-order valence-corrected chi connectivity index (χ1v) is 12.8. The van der Waals surface area contributed by atoms with Gasteiger partial charge in [0.1, 0.15) is 11.8 Å². The molecule has 0 aliphatic carbocycles. The Balaban J connectivity index is 1.36. The molecule has 2 aromatic heterocycles. The summed E-state index contributed by atoms with van der Waals surface area (Å²) in [6.07, 6.45) is 3.99. The zero-order valence-corrected chi connectivity index (χ0v) is 21.8. The maximum Gasteiger partial charge on any atom is 0.270 e. The van der Waals surface area contributed by atoms with E-state index in [-0.39, 0.29) is 11.8 Å². The lowest BCUT2D eigenvalue weighted by molar-refractivity contribution is -0.130. The Bertz CT molecular complexity index is 1690. The molecule has 2 amide bonds. The van der Waals surface area contributed by atoms with Crippen LogP contribution in [0.15, 0.2) is 76.5 Å². The van der Waals surface area contributed by atoms with E-state index < -0.39 is 18.3 Å². The fourth-order valence-electron chi connectivity index (χ4n) is 4.69. The van der Waals surface area contributed by atoms with Gasteiger partial charge in [-0.05, 0) is 67.4 Å². The maximum absolute atomic E-state index is 13.6. The number of halogens is 2. The molecule has 1 fully saturated rings. The van der Waals surface area contributed by atoms with Gasteiger partial charge in [-0.3, -0.25) is 9.59 Å². The molecule has 0 saturated carbocycles. The Labute approximate surface area is 225 Å². The zero-order chi connectivity index (χ0) is 26.4. The first-order chi connectivity index (χ1) is 18.4. The third-order valence-electron chi connectivity index (χ3n) is 6.59. The van der Waals surface area contributed by atoms with Gasteiger partial charge in [0.25, 0.3) is 11.8 Å². The number of hydrogen-bond acceptors (Lipinski definition) is 5. The molecular formula is C28H21BrFN5O3. The van der Waals surface area contributed by atoms with Crippen LogP contribution in [0.25, 0.3) is 23.0 Å². The van der Waals surface area contributed by atoms with Gasteiger partial charge in [-0.2, -0.15) is 9.49 Å². The zero-order valence-electron chi connectivity index (χ0n) is 20.2. The number of nitrogens with zero attached hydrogens (tertiary/aromatic N) is 5. The molecule has 2 aliphatic rings. The number of carbonyl (C=O) groups excluding carboxylic acids is 2. The third kappa shape index (κ3) is 4.57. The minimum absolute atomic E-state index is 0.132. The standard InChI is InChI=1S/C28H21BrFN5O3/c1-16-27(37)34(11-10-17-2-8-23-19(12-17)13-25(36)32-23)28(38-16)22-15-35(21-6-4-20(29)5-7-21)33-26(22)18-3-9-24(30)31-14-18/h2-9,12-16,28H,10-11H2,1H3/t16-,28-/m1/s1. The monoisotopic (exact) mass is 573 g/mol. The van der Waals surface area contributed by atoms with E-state index in [9.17, 15) is 14.0 Å². The van der Waals surface area contributed by atoms with E-state index in [1.54, 1.807) is 22.6 Å². The molecule has 10 heteroatoms. The number of ether oxygens (including phenoxy) is 1. The van der Waals surface area contributed by atoms with Gasteiger partial charge in [0.05, 0.1) is 11.0 Å². The van der Waals surface area contributed by atoms with Crippen LogP contribution < -0.4 is 10.6 Å². The number of hydrogen-bond donors (Lipinski definition) is 0. The molecular weight excluding hydrogens is 553 g/mol. The van der Waals surface area contributed by atoms with Crippen molar-refractivity contribution in [2.75, 3.05) is 6.54 Å². The minimum atomic E-state index is -0.695. The molecule has 0 bridgehead atoms. The van der Waals surface area contributed by atoms with Crippen LogP contribution in [0.5, 0.6) is 0 Å². The van der Waals surface area contributed by atoms with E-state index >= 15 is 0 Å². The molecule has 0 radical (unpaired) electrons. The summed E-state index contributed by atoms with van der Waals surface area (Å²) < 4.78 is 22.4. The molecule has 0 spiro atoms. The second-order valence-corrected chi connectivity index (χ2v) is 10.0. The molecule has 6 rings (SSSR count). The first kappa shape index (κ1) is 24.3. The highest BCUT2D eigenvalue weighted by Gasteiger charge is 2.40. The van der Waals surface area contributed by atoms with Gasteiger partial charge in [0.2, 0.25) is 5.95 Å². The summed E-state index contributed by atoms with van der Waals surface area (Å²) in [4.78, 5) is 34.3. The molecule has 0 unspecified atom stereocenters. The summed E-state index contributed by atoms with van der Waals surface area (Å²) >= 11 is 3.45. The van der Waals surface area contributed by atoms with Gasteiger partial charge in [-0.15, -0.1) is 0 Å². The summed E-state index contributed by atoms with van der Waals surface area (Å²) in [5, 5.41) is 6.22. The molecule has 190 valence electrons. The van der Waals surface area contributed by atoms with Crippen molar-refractivity contribution < 1.29 is 18.7 Å². The summed E-state index contributed by atoms with van der Waals surface area (Å²) in [6.45, 7) is 2.12. The fourth-order valence-corrected chi connectivity index (χ4v) is 4.95. The molecule has 1 saturated heterocycles. The summed E-state index contributed by atoms with van der Waals surface area (Å²) in [5.74, 6) is -0.987. The minimum Gasteiger partial charge on any atom is -0.341 e. The SMILES string of the molecule is C[C@H]1O[C@H](c2cn(-c3ccc(Br)cc3)nc2-c2ccc(F)nc2)N(CCc2ccc3c(c2)=CC(=O)N=3)C1=O. The van der Waals surface area contributed by atoms with Crippen molar-refractivity contribution in [3.63, 3.8) is 0 Å². The summed E-state index contributed by atoms with van der Waals surface area (Å²) in [5.41, 5.74) is 3.62. The first-order valence-electron chi connectivity index (χ1n) is 12.0.